The van der Waals surface area contributed by atoms with Gasteiger partial charge < -0.3 is 10.6 Å². The fourth-order valence-electron chi connectivity index (χ4n) is 5.24. The molecule has 0 saturated heterocycles. The lowest BCUT2D eigenvalue weighted by atomic mass is 9.98. The molecule has 0 rings (SSSR count). The molecule has 2 amide bonds. The van der Waals surface area contributed by atoms with Crippen LogP contribution in [0.15, 0.2) is 12.2 Å². The van der Waals surface area contributed by atoms with Gasteiger partial charge >= 0.3 is 0 Å². The van der Waals surface area contributed by atoms with Crippen molar-refractivity contribution in [3.05, 3.63) is 12.2 Å². The second-order valence-electron chi connectivity index (χ2n) is 12.5. The van der Waals surface area contributed by atoms with E-state index in [9.17, 15) is 9.59 Å². The topological polar surface area (TPSA) is 58.2 Å². The standard InChI is InChI=1S/C36H70N2O2/c1-5-7-9-11-13-15-17-19-21-23-25-30-35(39)37-32-28-27-29-34(33(3)4)38-36(40)31-26-24-22-20-18-16-14-12-10-8-6-2/h11,13,33-34H,5-10,12,14-32H2,1-4H3,(H,37,39)(H,38,40)/b13-11-/t34-/m0/s1. The molecule has 0 fully saturated rings. The lowest BCUT2D eigenvalue weighted by Crippen LogP contribution is -2.38. The Morgan fingerprint density at radius 3 is 1.57 bits per heavy atom. The molecule has 0 saturated carbocycles. The summed E-state index contributed by atoms with van der Waals surface area (Å²) in [6.07, 6.45) is 34.3. The summed E-state index contributed by atoms with van der Waals surface area (Å²) in [5.41, 5.74) is 0. The fraction of sp³-hybridized carbons (Fsp3) is 0.889. The molecule has 0 aliphatic heterocycles. The van der Waals surface area contributed by atoms with Gasteiger partial charge in [-0.1, -0.05) is 136 Å². The third kappa shape index (κ3) is 28.2. The van der Waals surface area contributed by atoms with Crippen molar-refractivity contribution in [1.82, 2.24) is 10.6 Å². The van der Waals surface area contributed by atoms with Crippen molar-refractivity contribution in [2.75, 3.05) is 6.54 Å². The van der Waals surface area contributed by atoms with E-state index in [1.165, 1.54) is 109 Å². The first-order valence-corrected chi connectivity index (χ1v) is 17.7. The van der Waals surface area contributed by atoms with Crippen molar-refractivity contribution < 1.29 is 9.59 Å². The minimum Gasteiger partial charge on any atom is -0.356 e. The Hall–Kier alpha value is -1.32. The summed E-state index contributed by atoms with van der Waals surface area (Å²) in [6.45, 7) is 9.64. The quantitative estimate of drug-likeness (QED) is 0.0675. The van der Waals surface area contributed by atoms with Crippen LogP contribution in [0.3, 0.4) is 0 Å². The Morgan fingerprint density at radius 1 is 0.550 bits per heavy atom. The smallest absolute Gasteiger partial charge is 0.220 e. The minimum atomic E-state index is 0.194. The van der Waals surface area contributed by atoms with Crippen LogP contribution in [0.1, 0.15) is 188 Å². The van der Waals surface area contributed by atoms with E-state index in [0.29, 0.717) is 18.8 Å². The van der Waals surface area contributed by atoms with Crippen LogP contribution in [0.2, 0.25) is 0 Å². The van der Waals surface area contributed by atoms with E-state index >= 15 is 0 Å². The van der Waals surface area contributed by atoms with Crippen LogP contribution >= 0.6 is 0 Å². The van der Waals surface area contributed by atoms with Crippen LogP contribution in [0.5, 0.6) is 0 Å². The van der Waals surface area contributed by atoms with Gasteiger partial charge in [0.2, 0.25) is 11.8 Å². The van der Waals surface area contributed by atoms with Gasteiger partial charge in [-0.05, 0) is 57.3 Å². The summed E-state index contributed by atoms with van der Waals surface area (Å²) in [6, 6.07) is 0.239. The minimum absolute atomic E-state index is 0.194. The van der Waals surface area contributed by atoms with Gasteiger partial charge in [0.15, 0.2) is 0 Å². The highest BCUT2D eigenvalue weighted by Gasteiger charge is 2.15. The maximum atomic E-state index is 12.5. The Balaban J connectivity index is 3.67. The third-order valence-corrected chi connectivity index (χ3v) is 8.09. The van der Waals surface area contributed by atoms with Gasteiger partial charge in [-0.25, -0.2) is 0 Å². The molecule has 40 heavy (non-hydrogen) atoms. The highest BCUT2D eigenvalue weighted by Crippen LogP contribution is 2.14. The van der Waals surface area contributed by atoms with Crippen LogP contribution in [0, 0.1) is 5.92 Å². The summed E-state index contributed by atoms with van der Waals surface area (Å²) in [5.74, 6) is 0.846. The van der Waals surface area contributed by atoms with E-state index in [0.717, 1.165) is 45.1 Å². The molecule has 0 aliphatic carbocycles. The van der Waals surface area contributed by atoms with E-state index < -0.39 is 0 Å². The first kappa shape index (κ1) is 38.7. The van der Waals surface area contributed by atoms with Crippen LogP contribution in [0.4, 0.5) is 0 Å². The molecule has 4 nitrogen and oxygen atoms in total. The zero-order chi connectivity index (χ0) is 29.5. The van der Waals surface area contributed by atoms with E-state index in [4.69, 9.17) is 0 Å². The third-order valence-electron chi connectivity index (χ3n) is 8.09. The maximum absolute atomic E-state index is 12.5. The number of unbranched alkanes of at least 4 members (excludes halogenated alkanes) is 18. The van der Waals surface area contributed by atoms with Crippen molar-refractivity contribution in [2.24, 2.45) is 5.92 Å². The molecule has 0 bridgehead atoms. The molecule has 2 N–H and O–H groups in total. The van der Waals surface area contributed by atoms with E-state index in [1.54, 1.807) is 0 Å². The molecule has 0 spiro atoms. The number of allylic oxidation sites excluding steroid dienone is 2. The highest BCUT2D eigenvalue weighted by atomic mass is 16.2. The molecule has 0 aromatic carbocycles. The molecule has 1 atom stereocenters. The zero-order valence-corrected chi connectivity index (χ0v) is 27.5. The van der Waals surface area contributed by atoms with Gasteiger partial charge in [-0.15, -0.1) is 0 Å². The molecular weight excluding hydrogens is 492 g/mol. The van der Waals surface area contributed by atoms with Crippen molar-refractivity contribution in [3.63, 3.8) is 0 Å². The molecular formula is C36H70N2O2. The Bertz CT molecular complexity index is 587. The van der Waals surface area contributed by atoms with E-state index in [2.05, 4.69) is 50.5 Å². The van der Waals surface area contributed by atoms with Gasteiger partial charge in [0.25, 0.3) is 0 Å². The van der Waals surface area contributed by atoms with Gasteiger partial charge in [0.05, 0.1) is 0 Å². The van der Waals surface area contributed by atoms with Gasteiger partial charge in [-0.3, -0.25) is 9.59 Å². The molecule has 0 aliphatic rings. The lowest BCUT2D eigenvalue weighted by molar-refractivity contribution is -0.122. The summed E-state index contributed by atoms with van der Waals surface area (Å²) >= 11 is 0. The van der Waals surface area contributed by atoms with Crippen LogP contribution in [0.25, 0.3) is 0 Å². The second kappa shape index (κ2) is 30.6. The summed E-state index contributed by atoms with van der Waals surface area (Å²) in [4.78, 5) is 24.6. The fourth-order valence-corrected chi connectivity index (χ4v) is 5.24. The van der Waals surface area contributed by atoms with Crippen molar-refractivity contribution in [2.45, 2.75) is 194 Å². The molecule has 0 heterocycles. The van der Waals surface area contributed by atoms with Gasteiger partial charge in [0, 0.05) is 25.4 Å². The van der Waals surface area contributed by atoms with E-state index in [-0.39, 0.29) is 17.9 Å². The van der Waals surface area contributed by atoms with Gasteiger partial charge in [0.1, 0.15) is 0 Å². The predicted octanol–water partition coefficient (Wildman–Crippen LogP) is 10.6. The Kier molecular flexibility index (Phi) is 29.6. The molecule has 0 aromatic heterocycles. The average Bonchev–Trinajstić information content (AvgIpc) is 2.93. The number of hydrogen-bond donors (Lipinski definition) is 2. The first-order chi connectivity index (χ1) is 19.5. The Morgan fingerprint density at radius 2 is 1.02 bits per heavy atom. The summed E-state index contributed by atoms with van der Waals surface area (Å²) in [7, 11) is 0. The highest BCUT2D eigenvalue weighted by molar-refractivity contribution is 5.76. The van der Waals surface area contributed by atoms with Crippen molar-refractivity contribution in [3.8, 4) is 0 Å². The number of rotatable bonds is 30. The van der Waals surface area contributed by atoms with Crippen LogP contribution in [-0.4, -0.2) is 24.4 Å². The van der Waals surface area contributed by atoms with Crippen molar-refractivity contribution >= 4 is 11.8 Å². The average molecular weight is 563 g/mol. The molecule has 236 valence electrons. The zero-order valence-electron chi connectivity index (χ0n) is 27.5. The number of amides is 2. The number of nitrogens with one attached hydrogen (secondary N) is 2. The lowest BCUT2D eigenvalue weighted by Gasteiger charge is -2.22. The second-order valence-corrected chi connectivity index (χ2v) is 12.5. The maximum Gasteiger partial charge on any atom is 0.220 e. The normalized spacial score (nSPS) is 12.3. The van der Waals surface area contributed by atoms with Crippen LogP contribution in [-0.2, 0) is 9.59 Å². The van der Waals surface area contributed by atoms with Gasteiger partial charge in [-0.2, -0.15) is 0 Å². The number of carbonyl (C=O) groups excluding carboxylic acids is 2. The SMILES string of the molecule is CCCC/C=C\CCCCCCCC(=O)NCCCC[C@H](NC(=O)CCCCCCCCCCCCC)C(C)C. The predicted molar refractivity (Wildman–Crippen MR) is 176 cm³/mol. The molecule has 4 heteroatoms. The monoisotopic (exact) mass is 563 g/mol. The number of hydrogen-bond acceptors (Lipinski definition) is 2. The summed E-state index contributed by atoms with van der Waals surface area (Å²) in [5, 5.41) is 6.38. The largest absolute Gasteiger partial charge is 0.356 e. The first-order valence-electron chi connectivity index (χ1n) is 17.7. The van der Waals surface area contributed by atoms with Crippen molar-refractivity contribution in [1.29, 1.82) is 0 Å². The van der Waals surface area contributed by atoms with E-state index in [1.807, 2.05) is 0 Å². The molecule has 0 aromatic rings. The van der Waals surface area contributed by atoms with Crippen LogP contribution < -0.4 is 10.6 Å². The Labute approximate surface area is 250 Å². The number of carbonyl (C=O) groups is 2. The summed E-state index contributed by atoms with van der Waals surface area (Å²) < 4.78 is 0. The molecule has 0 unspecified atom stereocenters. The molecule has 0 radical (unpaired) electrons.